The quantitative estimate of drug-likeness (QED) is 0.901. The molecule has 2 aliphatic rings. The Kier molecular flexibility index (Phi) is 4.51. The maximum atomic E-state index is 5.23. The maximum absolute atomic E-state index is 5.23. The van der Waals surface area contributed by atoms with Gasteiger partial charge in [-0.15, -0.1) is 0 Å². The van der Waals surface area contributed by atoms with Crippen molar-refractivity contribution in [2.24, 2.45) is 0 Å². The van der Waals surface area contributed by atoms with E-state index in [0.29, 0.717) is 6.04 Å². The van der Waals surface area contributed by atoms with Gasteiger partial charge in [-0.2, -0.15) is 0 Å². The second-order valence-corrected chi connectivity index (χ2v) is 6.83. The molecule has 1 N–H and O–H groups in total. The summed E-state index contributed by atoms with van der Waals surface area (Å²) in [4.78, 5) is 2.61. The molecule has 116 valence electrons. The highest BCUT2D eigenvalue weighted by Crippen LogP contribution is 2.30. The second kappa shape index (κ2) is 6.37. The number of ether oxygens (including phenoxy) is 1. The molecule has 0 aromatic heterocycles. The standard InChI is InChI=1S/C18H28N2O/c1-13(10-14-4-8-18(21-3)9-5-14)20(2)17-11-15-6-7-16(12-17)19-15/h4-5,8-9,13,15-17,19H,6-7,10-12H2,1-3H3. The maximum Gasteiger partial charge on any atom is 0.118 e. The van der Waals surface area contributed by atoms with Gasteiger partial charge in [0.05, 0.1) is 7.11 Å². The van der Waals surface area contributed by atoms with Crippen LogP contribution in [0.15, 0.2) is 24.3 Å². The van der Waals surface area contributed by atoms with E-state index in [-0.39, 0.29) is 0 Å². The van der Waals surface area contributed by atoms with Gasteiger partial charge in [0.2, 0.25) is 0 Å². The summed E-state index contributed by atoms with van der Waals surface area (Å²) < 4.78 is 5.23. The van der Waals surface area contributed by atoms with Gasteiger partial charge < -0.3 is 15.0 Å². The normalized spacial score (nSPS) is 29.6. The van der Waals surface area contributed by atoms with Crippen molar-refractivity contribution in [2.45, 2.75) is 63.2 Å². The summed E-state index contributed by atoms with van der Waals surface area (Å²) in [5.41, 5.74) is 1.40. The fourth-order valence-corrected chi connectivity index (χ4v) is 3.97. The molecule has 2 saturated heterocycles. The first-order valence-corrected chi connectivity index (χ1v) is 8.26. The fraction of sp³-hybridized carbons (Fsp3) is 0.667. The van der Waals surface area contributed by atoms with E-state index in [2.05, 4.69) is 48.5 Å². The highest BCUT2D eigenvalue weighted by Gasteiger charge is 2.35. The zero-order valence-electron chi connectivity index (χ0n) is 13.5. The van der Waals surface area contributed by atoms with Gasteiger partial charge in [-0.1, -0.05) is 12.1 Å². The van der Waals surface area contributed by atoms with Crippen LogP contribution >= 0.6 is 0 Å². The summed E-state index contributed by atoms with van der Waals surface area (Å²) in [5, 5.41) is 3.74. The number of hydrogen-bond acceptors (Lipinski definition) is 3. The van der Waals surface area contributed by atoms with Crippen LogP contribution < -0.4 is 10.1 Å². The predicted octanol–water partition coefficient (Wildman–Crippen LogP) is 2.84. The van der Waals surface area contributed by atoms with Gasteiger partial charge in [-0.3, -0.25) is 0 Å². The van der Waals surface area contributed by atoms with Crippen LogP contribution in [0.25, 0.3) is 0 Å². The van der Waals surface area contributed by atoms with E-state index in [1.54, 1.807) is 7.11 Å². The van der Waals surface area contributed by atoms with Crippen LogP contribution in [0.5, 0.6) is 5.75 Å². The summed E-state index contributed by atoms with van der Waals surface area (Å²) in [6, 6.07) is 11.4. The Morgan fingerprint density at radius 3 is 2.38 bits per heavy atom. The SMILES string of the molecule is COc1ccc(CC(C)N(C)C2CC3CCC(C2)N3)cc1. The van der Waals surface area contributed by atoms with Gasteiger partial charge in [0.25, 0.3) is 0 Å². The first-order valence-electron chi connectivity index (χ1n) is 8.26. The molecule has 1 aromatic rings. The summed E-state index contributed by atoms with van der Waals surface area (Å²) in [6.45, 7) is 2.36. The summed E-state index contributed by atoms with van der Waals surface area (Å²) in [5.74, 6) is 0.940. The molecule has 2 fully saturated rings. The topological polar surface area (TPSA) is 24.5 Å². The first-order chi connectivity index (χ1) is 10.2. The van der Waals surface area contributed by atoms with E-state index >= 15 is 0 Å². The molecule has 3 nitrogen and oxygen atoms in total. The van der Waals surface area contributed by atoms with Crippen molar-refractivity contribution < 1.29 is 4.74 Å². The van der Waals surface area contributed by atoms with Crippen LogP contribution in [-0.4, -0.2) is 43.2 Å². The Balaban J connectivity index is 1.57. The summed E-state index contributed by atoms with van der Waals surface area (Å²) in [7, 11) is 4.03. The number of hydrogen-bond donors (Lipinski definition) is 1. The van der Waals surface area contributed by atoms with E-state index in [1.165, 1.54) is 31.2 Å². The van der Waals surface area contributed by atoms with Gasteiger partial charge in [-0.05, 0) is 63.8 Å². The molecule has 21 heavy (non-hydrogen) atoms. The lowest BCUT2D eigenvalue weighted by Gasteiger charge is -2.39. The van der Waals surface area contributed by atoms with E-state index < -0.39 is 0 Å². The second-order valence-electron chi connectivity index (χ2n) is 6.83. The minimum atomic E-state index is 0.584. The highest BCUT2D eigenvalue weighted by molar-refractivity contribution is 5.27. The molecule has 2 heterocycles. The largest absolute Gasteiger partial charge is 0.497 e. The molecule has 2 aliphatic heterocycles. The van der Waals surface area contributed by atoms with Crippen molar-refractivity contribution in [3.8, 4) is 5.75 Å². The molecule has 3 heteroatoms. The van der Waals surface area contributed by atoms with Crippen LogP contribution in [0.1, 0.15) is 38.2 Å². The van der Waals surface area contributed by atoms with Gasteiger partial charge in [0.1, 0.15) is 5.75 Å². The monoisotopic (exact) mass is 288 g/mol. The van der Waals surface area contributed by atoms with Crippen LogP contribution in [-0.2, 0) is 6.42 Å². The van der Waals surface area contributed by atoms with Gasteiger partial charge >= 0.3 is 0 Å². The molecule has 3 unspecified atom stereocenters. The Labute approximate surface area is 128 Å². The average Bonchev–Trinajstić information content (AvgIpc) is 2.85. The molecule has 0 spiro atoms. The molecular weight excluding hydrogens is 260 g/mol. The van der Waals surface area contributed by atoms with Crippen molar-refractivity contribution in [3.63, 3.8) is 0 Å². The van der Waals surface area contributed by atoms with E-state index in [4.69, 9.17) is 4.74 Å². The predicted molar refractivity (Wildman–Crippen MR) is 86.9 cm³/mol. The third-order valence-corrected chi connectivity index (χ3v) is 5.41. The summed E-state index contributed by atoms with van der Waals surface area (Å²) >= 11 is 0. The molecule has 0 radical (unpaired) electrons. The van der Waals surface area contributed by atoms with Crippen molar-refractivity contribution in [2.75, 3.05) is 14.2 Å². The van der Waals surface area contributed by atoms with Crippen molar-refractivity contribution in [1.82, 2.24) is 10.2 Å². The average molecular weight is 288 g/mol. The van der Waals surface area contributed by atoms with Crippen LogP contribution in [0.3, 0.4) is 0 Å². The Morgan fingerprint density at radius 1 is 1.19 bits per heavy atom. The van der Waals surface area contributed by atoms with Crippen LogP contribution in [0.4, 0.5) is 0 Å². The molecule has 2 bridgehead atoms. The van der Waals surface area contributed by atoms with Crippen LogP contribution in [0.2, 0.25) is 0 Å². The minimum absolute atomic E-state index is 0.584. The number of piperidine rings is 1. The smallest absolute Gasteiger partial charge is 0.118 e. The number of benzene rings is 1. The van der Waals surface area contributed by atoms with Gasteiger partial charge in [0, 0.05) is 24.2 Å². The number of rotatable bonds is 5. The number of fused-ring (bicyclic) bond motifs is 2. The molecule has 0 amide bonds. The highest BCUT2D eigenvalue weighted by atomic mass is 16.5. The minimum Gasteiger partial charge on any atom is -0.497 e. The Hall–Kier alpha value is -1.06. The zero-order chi connectivity index (χ0) is 14.8. The lowest BCUT2D eigenvalue weighted by Crippen LogP contribution is -2.49. The number of nitrogens with one attached hydrogen (secondary N) is 1. The van der Waals surface area contributed by atoms with Gasteiger partial charge in [-0.25, -0.2) is 0 Å². The Bertz CT molecular complexity index is 447. The number of likely N-dealkylation sites (N-methyl/N-ethyl adjacent to an activating group) is 1. The molecule has 0 aliphatic carbocycles. The van der Waals surface area contributed by atoms with Crippen molar-refractivity contribution in [3.05, 3.63) is 29.8 Å². The Morgan fingerprint density at radius 2 is 1.81 bits per heavy atom. The van der Waals surface area contributed by atoms with Crippen molar-refractivity contribution in [1.29, 1.82) is 0 Å². The molecule has 1 aromatic carbocycles. The van der Waals surface area contributed by atoms with Crippen molar-refractivity contribution >= 4 is 0 Å². The molecule has 3 rings (SSSR count). The summed E-state index contributed by atoms with van der Waals surface area (Å²) in [6.07, 6.45) is 6.50. The van der Waals surface area contributed by atoms with Crippen LogP contribution in [0, 0.1) is 0 Å². The zero-order valence-corrected chi connectivity index (χ0v) is 13.5. The molecule has 0 saturated carbocycles. The van der Waals surface area contributed by atoms with E-state index in [9.17, 15) is 0 Å². The lowest BCUT2D eigenvalue weighted by atomic mass is 9.96. The number of methoxy groups -OCH3 is 1. The van der Waals surface area contributed by atoms with Gasteiger partial charge in [0.15, 0.2) is 0 Å². The lowest BCUT2D eigenvalue weighted by molar-refractivity contribution is 0.132. The molecule has 3 atom stereocenters. The van der Waals surface area contributed by atoms with E-state index in [0.717, 1.165) is 30.3 Å². The first kappa shape index (κ1) is 14.9. The third-order valence-electron chi connectivity index (χ3n) is 5.41. The van der Waals surface area contributed by atoms with E-state index in [1.807, 2.05) is 0 Å². The number of nitrogens with zero attached hydrogens (tertiary/aromatic N) is 1. The molecular formula is C18H28N2O. The third kappa shape index (κ3) is 3.41. The fourth-order valence-electron chi connectivity index (χ4n) is 3.97.